The second-order valence-corrected chi connectivity index (χ2v) is 9.57. The van der Waals surface area contributed by atoms with E-state index in [1.807, 2.05) is 27.7 Å². The molecule has 0 N–H and O–H groups in total. The van der Waals surface area contributed by atoms with Crippen molar-refractivity contribution in [3.05, 3.63) is 47.0 Å². The molecule has 0 spiro atoms. The molecule has 10 heteroatoms. The lowest BCUT2D eigenvalue weighted by molar-refractivity contribution is 0.0541. The lowest BCUT2D eigenvalue weighted by Gasteiger charge is -2.13. The van der Waals surface area contributed by atoms with Gasteiger partial charge in [0.1, 0.15) is 0 Å². The molecule has 0 radical (unpaired) electrons. The van der Waals surface area contributed by atoms with Crippen LogP contribution in [0.1, 0.15) is 50.5 Å². The molecule has 40 heavy (non-hydrogen) atoms. The van der Waals surface area contributed by atoms with E-state index in [0.29, 0.717) is 79.0 Å². The molecule has 0 saturated heterocycles. The summed E-state index contributed by atoms with van der Waals surface area (Å²) in [5.41, 5.74) is 8.60. The molecular formula is C30H40N6O4. The largest absolute Gasteiger partial charge is 0.377 e. The van der Waals surface area contributed by atoms with Crippen molar-refractivity contribution in [2.45, 2.75) is 27.7 Å². The van der Waals surface area contributed by atoms with Crippen molar-refractivity contribution in [2.75, 3.05) is 79.0 Å². The van der Waals surface area contributed by atoms with Crippen molar-refractivity contribution < 1.29 is 18.9 Å². The number of rotatable bonds is 1. The molecule has 0 saturated carbocycles. The second-order valence-electron chi connectivity index (χ2n) is 9.57. The van der Waals surface area contributed by atoms with Crippen molar-refractivity contribution in [1.82, 2.24) is 9.97 Å². The SMILES string of the molecule is CC1=NCCOCCOCCN=C(C)c2cc(-c3cc4nc(c3)C(C)=NCCOCCOCCN=C4C)cc1n2. The highest BCUT2D eigenvalue weighted by atomic mass is 16.5. The zero-order valence-electron chi connectivity index (χ0n) is 24.1. The summed E-state index contributed by atoms with van der Waals surface area (Å²) in [7, 11) is 0. The number of hydrogen-bond donors (Lipinski definition) is 0. The molecular weight excluding hydrogens is 508 g/mol. The van der Waals surface area contributed by atoms with Gasteiger partial charge in [-0.1, -0.05) is 0 Å². The predicted molar refractivity (Wildman–Crippen MR) is 159 cm³/mol. The molecule has 0 atom stereocenters. The van der Waals surface area contributed by atoms with Gasteiger partial charge in [-0.3, -0.25) is 20.0 Å². The highest BCUT2D eigenvalue weighted by Crippen LogP contribution is 2.25. The molecule has 2 aliphatic rings. The molecule has 2 aromatic rings. The van der Waals surface area contributed by atoms with E-state index in [9.17, 15) is 0 Å². The third kappa shape index (κ3) is 8.92. The molecule has 0 aliphatic carbocycles. The average Bonchev–Trinajstić information content (AvgIpc) is 2.97. The number of nitrogens with zero attached hydrogens (tertiary/aromatic N) is 6. The number of fused-ring (bicyclic) bond motifs is 4. The minimum atomic E-state index is 0.535. The molecule has 2 aromatic heterocycles. The summed E-state index contributed by atoms with van der Waals surface area (Å²) < 4.78 is 22.6. The molecule has 4 bridgehead atoms. The Morgan fingerprint density at radius 3 is 0.900 bits per heavy atom. The second kappa shape index (κ2) is 15.6. The Morgan fingerprint density at radius 2 is 0.650 bits per heavy atom. The van der Waals surface area contributed by atoms with Gasteiger partial charge in [0, 0.05) is 0 Å². The number of ether oxygens (including phenoxy) is 4. The van der Waals surface area contributed by atoms with Crippen LogP contribution in [0.5, 0.6) is 0 Å². The van der Waals surface area contributed by atoms with Gasteiger partial charge in [0.15, 0.2) is 0 Å². The summed E-state index contributed by atoms with van der Waals surface area (Å²) in [6.07, 6.45) is 0. The maximum atomic E-state index is 5.64. The zero-order valence-corrected chi connectivity index (χ0v) is 24.1. The molecule has 0 amide bonds. The van der Waals surface area contributed by atoms with Gasteiger partial charge < -0.3 is 18.9 Å². The molecule has 0 aromatic carbocycles. The van der Waals surface area contributed by atoms with Crippen molar-refractivity contribution in [3.8, 4) is 11.1 Å². The Morgan fingerprint density at radius 1 is 0.400 bits per heavy atom. The number of pyridine rings is 2. The minimum Gasteiger partial charge on any atom is -0.377 e. The first-order valence-electron chi connectivity index (χ1n) is 13.9. The highest BCUT2D eigenvalue weighted by molar-refractivity contribution is 6.04. The van der Waals surface area contributed by atoms with Crippen molar-refractivity contribution in [2.24, 2.45) is 20.0 Å². The molecule has 214 valence electrons. The first-order chi connectivity index (χ1) is 19.5. The van der Waals surface area contributed by atoms with E-state index in [4.69, 9.17) is 48.9 Å². The lowest BCUT2D eigenvalue weighted by atomic mass is 10.00. The minimum absolute atomic E-state index is 0.535. The monoisotopic (exact) mass is 548 g/mol. The number of hydrogen-bond acceptors (Lipinski definition) is 10. The average molecular weight is 549 g/mol. The smallest absolute Gasteiger partial charge is 0.0851 e. The van der Waals surface area contributed by atoms with E-state index in [1.54, 1.807) is 0 Å². The standard InChI is InChI=1S/C30H40N6O4/c1-21-27-17-25(18-28(35-27)22(2)32-6-10-38-14-13-37-9-5-31-21)26-19-29-23(3)33-7-11-39-15-16-40-12-8-34-24(4)30(20-26)36-29/h17-20H,5-16H2,1-4H3. The third-order valence-corrected chi connectivity index (χ3v) is 6.55. The van der Waals surface area contributed by atoms with E-state index in [2.05, 4.69) is 24.3 Å². The molecule has 10 nitrogen and oxygen atoms in total. The Hall–Kier alpha value is -3.18. The first kappa shape index (κ1) is 29.8. The highest BCUT2D eigenvalue weighted by Gasteiger charge is 2.14. The summed E-state index contributed by atoms with van der Waals surface area (Å²) in [6.45, 7) is 14.5. The van der Waals surface area contributed by atoms with Gasteiger partial charge in [0.2, 0.25) is 0 Å². The summed E-state index contributed by atoms with van der Waals surface area (Å²) in [6, 6.07) is 8.29. The Bertz CT molecular complexity index is 1080. The van der Waals surface area contributed by atoms with Crippen LogP contribution in [-0.4, -0.2) is 112 Å². The van der Waals surface area contributed by atoms with Crippen LogP contribution in [-0.2, 0) is 18.9 Å². The molecule has 4 rings (SSSR count). The fourth-order valence-electron chi connectivity index (χ4n) is 4.22. The van der Waals surface area contributed by atoms with E-state index in [0.717, 1.165) is 56.7 Å². The quantitative estimate of drug-likeness (QED) is 0.540. The third-order valence-electron chi connectivity index (χ3n) is 6.55. The Labute approximate surface area is 236 Å². The topological polar surface area (TPSA) is 112 Å². The van der Waals surface area contributed by atoms with Crippen LogP contribution in [0.2, 0.25) is 0 Å². The van der Waals surface area contributed by atoms with Gasteiger partial charge in [-0.15, -0.1) is 0 Å². The molecule has 0 unspecified atom stereocenters. The van der Waals surface area contributed by atoms with Crippen LogP contribution < -0.4 is 0 Å². The fourth-order valence-corrected chi connectivity index (χ4v) is 4.22. The van der Waals surface area contributed by atoms with Gasteiger partial charge in [-0.25, -0.2) is 9.97 Å². The Kier molecular flexibility index (Phi) is 11.6. The number of aromatic nitrogens is 2. The van der Waals surface area contributed by atoms with Crippen LogP contribution in [0.15, 0.2) is 44.2 Å². The van der Waals surface area contributed by atoms with Gasteiger partial charge in [-0.05, 0) is 63.1 Å². The zero-order chi connectivity index (χ0) is 28.2. The lowest BCUT2D eigenvalue weighted by Crippen LogP contribution is -2.10. The number of aliphatic imine (C=N–C) groups is 4. The van der Waals surface area contributed by atoms with Crippen LogP contribution >= 0.6 is 0 Å². The fraction of sp³-hybridized carbons (Fsp3) is 0.533. The van der Waals surface area contributed by atoms with Gasteiger partial charge >= 0.3 is 0 Å². The normalized spacial score (nSPS) is 19.0. The van der Waals surface area contributed by atoms with E-state index in [-0.39, 0.29) is 0 Å². The summed E-state index contributed by atoms with van der Waals surface area (Å²) in [5, 5.41) is 0. The van der Waals surface area contributed by atoms with Gasteiger partial charge in [0.25, 0.3) is 0 Å². The molecule has 4 heterocycles. The Balaban J connectivity index is 1.80. The first-order valence-corrected chi connectivity index (χ1v) is 13.9. The van der Waals surface area contributed by atoms with Crippen LogP contribution in [0.3, 0.4) is 0 Å². The predicted octanol–water partition coefficient (Wildman–Crippen LogP) is 3.47. The molecule has 2 aliphatic heterocycles. The van der Waals surface area contributed by atoms with Crippen LogP contribution in [0, 0.1) is 0 Å². The van der Waals surface area contributed by atoms with E-state index in [1.165, 1.54) is 0 Å². The summed E-state index contributed by atoms with van der Waals surface area (Å²) in [5.74, 6) is 0. The van der Waals surface area contributed by atoms with E-state index < -0.39 is 0 Å². The van der Waals surface area contributed by atoms with Gasteiger partial charge in [-0.2, -0.15) is 0 Å². The van der Waals surface area contributed by atoms with Crippen LogP contribution in [0.25, 0.3) is 11.1 Å². The summed E-state index contributed by atoms with van der Waals surface area (Å²) in [4.78, 5) is 28.7. The van der Waals surface area contributed by atoms with Crippen molar-refractivity contribution >= 4 is 22.8 Å². The van der Waals surface area contributed by atoms with Crippen LogP contribution in [0.4, 0.5) is 0 Å². The van der Waals surface area contributed by atoms with Crippen molar-refractivity contribution in [1.29, 1.82) is 0 Å². The molecule has 0 fully saturated rings. The van der Waals surface area contributed by atoms with E-state index >= 15 is 0 Å². The maximum Gasteiger partial charge on any atom is 0.0851 e. The summed E-state index contributed by atoms with van der Waals surface area (Å²) >= 11 is 0. The van der Waals surface area contributed by atoms with Crippen molar-refractivity contribution in [3.63, 3.8) is 0 Å². The maximum absolute atomic E-state index is 5.64. The van der Waals surface area contributed by atoms with Gasteiger partial charge in [0.05, 0.1) is 125 Å².